The van der Waals surface area contributed by atoms with Crippen LogP contribution in [-0.2, 0) is 44.5 Å². The van der Waals surface area contributed by atoms with Gasteiger partial charge < -0.3 is 50.4 Å². The number of nitrogens with one attached hydrogen (secondary N) is 4. The summed E-state index contributed by atoms with van der Waals surface area (Å²) in [7, 11) is 1.63. The number of epoxide rings is 2. The van der Waals surface area contributed by atoms with Gasteiger partial charge in [-0.05, 0) is 82.9 Å². The molecule has 6 N–H and O–H groups in total. The van der Waals surface area contributed by atoms with Gasteiger partial charge in [0.15, 0.2) is 0 Å². The fourth-order valence-corrected chi connectivity index (χ4v) is 8.34. The number of carbonyl (C=O) groups excluding carboxylic acids is 4. The van der Waals surface area contributed by atoms with E-state index in [4.69, 9.17) is 29.4 Å². The summed E-state index contributed by atoms with van der Waals surface area (Å²) < 4.78 is 30.0. The quantitative estimate of drug-likeness (QED) is 0.0778. The highest BCUT2D eigenvalue weighted by atomic mass is 32.2. The molecule has 3 aliphatic rings. The van der Waals surface area contributed by atoms with Gasteiger partial charge in [0, 0.05) is 30.6 Å². The molecule has 1 saturated carbocycles. The molecule has 2 saturated heterocycles. The molecule has 0 unspecified atom stereocenters. The fraction of sp³-hybridized carbons (Fsp3) is 0.659. The number of alkyl carbamates (subject to hydrolysis) is 1. The summed E-state index contributed by atoms with van der Waals surface area (Å²) in [4.78, 5) is 56.5. The van der Waals surface area contributed by atoms with E-state index in [0.29, 0.717) is 25.2 Å². The number of hydrogen-bond donors (Lipinski definition) is 5. The number of carbonyl (C=O) groups is 4. The standard InChI is InChI=1S/C41H61N5O9S/c1-23(2)13-14-33-40(6,55-33)35-34(51-7)32(15-17-41(35)22-53-41)54-39(50)46-31(24(3)4)21-52-38(49)25(5)44-37(48)30(45-36(47)28(42)16-18-56-8)19-26-20-43-29-12-10-9-11-27(26)29/h9-13,20,24-25,28,30-35,43H,14-19,21-22,42H2,1-8H3,(H,44,48)(H,45,47)(H,46,50)/t25-,28-,30-,31-,32+,33+,34+,35+,40+,41-/m0/s1. The molecule has 2 aliphatic heterocycles. The number of thioether (sulfide) groups is 1. The van der Waals surface area contributed by atoms with Crippen LogP contribution in [0.2, 0.25) is 0 Å². The number of aromatic amines is 1. The van der Waals surface area contributed by atoms with E-state index in [1.807, 2.05) is 44.4 Å². The van der Waals surface area contributed by atoms with Crippen molar-refractivity contribution in [1.29, 1.82) is 0 Å². The van der Waals surface area contributed by atoms with Crippen molar-refractivity contribution in [2.24, 2.45) is 17.6 Å². The first-order valence-corrected chi connectivity index (χ1v) is 21.0. The van der Waals surface area contributed by atoms with E-state index in [1.165, 1.54) is 12.5 Å². The van der Waals surface area contributed by atoms with Crippen molar-refractivity contribution in [3.63, 3.8) is 0 Å². The molecule has 2 aromatic rings. The smallest absolute Gasteiger partial charge is 0.407 e. The Hall–Kier alpha value is -3.63. The summed E-state index contributed by atoms with van der Waals surface area (Å²) in [6, 6.07) is 4.23. The number of esters is 1. The lowest BCUT2D eigenvalue weighted by molar-refractivity contribution is -0.148. The molecule has 1 aliphatic carbocycles. The Balaban J connectivity index is 1.16. The van der Waals surface area contributed by atoms with Crippen LogP contribution in [0.1, 0.15) is 72.8 Å². The number of rotatable bonds is 19. The molecular formula is C41H61N5O9S. The lowest BCUT2D eigenvalue weighted by atomic mass is 9.68. The largest absolute Gasteiger partial charge is 0.462 e. The molecule has 14 nitrogen and oxygen atoms in total. The second-order valence-corrected chi connectivity index (χ2v) is 17.2. The van der Waals surface area contributed by atoms with E-state index in [-0.39, 0.29) is 36.6 Å². The molecule has 1 spiro atoms. The van der Waals surface area contributed by atoms with Crippen LogP contribution in [-0.4, -0.2) is 115 Å². The Bertz CT molecular complexity index is 1730. The zero-order valence-electron chi connectivity index (χ0n) is 34.0. The number of allylic oxidation sites excluding steroid dienone is 1. The van der Waals surface area contributed by atoms with Gasteiger partial charge >= 0.3 is 12.1 Å². The molecule has 3 amide bonds. The number of fused-ring (bicyclic) bond motifs is 1. The van der Waals surface area contributed by atoms with Gasteiger partial charge in [-0.3, -0.25) is 9.59 Å². The minimum atomic E-state index is -1.06. The summed E-state index contributed by atoms with van der Waals surface area (Å²) >= 11 is 1.58. The Labute approximate surface area is 334 Å². The van der Waals surface area contributed by atoms with Crippen molar-refractivity contribution in [2.75, 3.05) is 32.3 Å². The van der Waals surface area contributed by atoms with Crippen molar-refractivity contribution in [3.05, 3.63) is 47.7 Å². The van der Waals surface area contributed by atoms with Gasteiger partial charge in [-0.2, -0.15) is 11.8 Å². The normalized spacial score (nSPS) is 27.5. The lowest BCUT2D eigenvalue weighted by Crippen LogP contribution is -2.56. The van der Waals surface area contributed by atoms with Gasteiger partial charge in [-0.1, -0.05) is 43.7 Å². The van der Waals surface area contributed by atoms with E-state index >= 15 is 0 Å². The average Bonchev–Trinajstić information content (AvgIpc) is 4.04. The van der Waals surface area contributed by atoms with E-state index in [1.54, 1.807) is 25.1 Å². The maximum absolute atomic E-state index is 13.6. The fourth-order valence-electron chi connectivity index (χ4n) is 7.85. The molecule has 1 aromatic carbocycles. The van der Waals surface area contributed by atoms with Crippen LogP contribution in [0.25, 0.3) is 10.9 Å². The Morgan fingerprint density at radius 3 is 2.50 bits per heavy atom. The first-order chi connectivity index (χ1) is 26.6. The number of hydrogen-bond acceptors (Lipinski definition) is 11. The summed E-state index contributed by atoms with van der Waals surface area (Å²) in [5, 5.41) is 9.30. The first-order valence-electron chi connectivity index (χ1n) is 19.6. The molecule has 0 radical (unpaired) electrons. The minimum Gasteiger partial charge on any atom is -0.462 e. The highest BCUT2D eigenvalue weighted by Crippen LogP contribution is 2.59. The van der Waals surface area contributed by atoms with E-state index < -0.39 is 65.9 Å². The SMILES string of the molecule is CO[C@@H]1[C@H](OC(=O)N[C@@H](COC(=O)[C@H](C)NC(=O)[C@H](Cc2c[nH]c3ccccc23)NC(=O)[C@@H](N)CCSC)C(C)C)CC[C@]2(CO2)[C@H]1[C@]1(C)O[C@@H]1CC=C(C)C. The number of amides is 3. The highest BCUT2D eigenvalue weighted by molar-refractivity contribution is 7.98. The van der Waals surface area contributed by atoms with Gasteiger partial charge in [0.2, 0.25) is 11.8 Å². The summed E-state index contributed by atoms with van der Waals surface area (Å²) in [5.74, 6) is -1.26. The van der Waals surface area contributed by atoms with Crippen molar-refractivity contribution in [1.82, 2.24) is 20.9 Å². The van der Waals surface area contributed by atoms with Crippen LogP contribution >= 0.6 is 11.8 Å². The molecule has 15 heteroatoms. The monoisotopic (exact) mass is 799 g/mol. The minimum absolute atomic E-state index is 0.0260. The third-order valence-corrected chi connectivity index (χ3v) is 12.1. The summed E-state index contributed by atoms with van der Waals surface area (Å²) in [6.45, 7) is 12.0. The van der Waals surface area contributed by atoms with Gasteiger partial charge in [-0.25, -0.2) is 9.59 Å². The number of aromatic nitrogens is 1. The van der Waals surface area contributed by atoms with Crippen LogP contribution in [0.3, 0.4) is 0 Å². The van der Waals surface area contributed by atoms with Crippen LogP contribution in [0.5, 0.6) is 0 Å². The van der Waals surface area contributed by atoms with Crippen LogP contribution < -0.4 is 21.7 Å². The second-order valence-electron chi connectivity index (χ2n) is 16.2. The van der Waals surface area contributed by atoms with Crippen LogP contribution in [0, 0.1) is 11.8 Å². The van der Waals surface area contributed by atoms with Gasteiger partial charge in [0.1, 0.15) is 42.1 Å². The summed E-state index contributed by atoms with van der Waals surface area (Å²) in [5.41, 5.74) is 8.25. The number of H-pyrrole nitrogens is 1. The molecule has 3 heterocycles. The third kappa shape index (κ3) is 10.5. The van der Waals surface area contributed by atoms with Crippen LogP contribution in [0.4, 0.5) is 4.79 Å². The highest BCUT2D eigenvalue weighted by Gasteiger charge is 2.72. The molecule has 3 fully saturated rings. The van der Waals surface area contributed by atoms with Crippen molar-refractivity contribution < 1.29 is 42.9 Å². The Morgan fingerprint density at radius 2 is 1.84 bits per heavy atom. The maximum Gasteiger partial charge on any atom is 0.407 e. The Morgan fingerprint density at radius 1 is 1.11 bits per heavy atom. The van der Waals surface area contributed by atoms with E-state index in [9.17, 15) is 19.2 Å². The van der Waals surface area contributed by atoms with E-state index in [0.717, 1.165) is 29.3 Å². The number of para-hydroxylation sites is 1. The molecular weight excluding hydrogens is 739 g/mol. The molecule has 1 aromatic heterocycles. The van der Waals surface area contributed by atoms with Crippen molar-refractivity contribution >= 4 is 46.5 Å². The van der Waals surface area contributed by atoms with E-state index in [2.05, 4.69) is 47.8 Å². The Kier molecular flexibility index (Phi) is 14.6. The zero-order valence-corrected chi connectivity index (χ0v) is 34.8. The first kappa shape index (κ1) is 43.5. The predicted molar refractivity (Wildman–Crippen MR) is 215 cm³/mol. The molecule has 310 valence electrons. The molecule has 10 atom stereocenters. The topological polar surface area (TPSA) is 199 Å². The van der Waals surface area contributed by atoms with Crippen molar-refractivity contribution in [2.45, 2.75) is 127 Å². The van der Waals surface area contributed by atoms with Crippen LogP contribution in [0.15, 0.2) is 42.1 Å². The third-order valence-electron chi connectivity index (χ3n) is 11.4. The number of methoxy groups -OCH3 is 1. The van der Waals surface area contributed by atoms with Gasteiger partial charge in [-0.15, -0.1) is 0 Å². The number of nitrogens with two attached hydrogens (primary N) is 1. The average molecular weight is 800 g/mol. The maximum atomic E-state index is 13.6. The number of ether oxygens (including phenoxy) is 5. The van der Waals surface area contributed by atoms with Gasteiger partial charge in [0.25, 0.3) is 0 Å². The lowest BCUT2D eigenvalue weighted by Gasteiger charge is -2.42. The molecule has 0 bridgehead atoms. The zero-order chi connectivity index (χ0) is 40.8. The molecule has 5 rings (SSSR count). The van der Waals surface area contributed by atoms with Crippen molar-refractivity contribution in [3.8, 4) is 0 Å². The predicted octanol–water partition coefficient (Wildman–Crippen LogP) is 4.15. The number of benzene rings is 1. The summed E-state index contributed by atoms with van der Waals surface area (Å²) in [6.07, 6.45) is 7.01. The second kappa shape index (κ2) is 18.8. The molecule has 56 heavy (non-hydrogen) atoms. The van der Waals surface area contributed by atoms with Gasteiger partial charge in [0.05, 0.1) is 30.7 Å².